The average molecular weight is 1160 g/mol. The summed E-state index contributed by atoms with van der Waals surface area (Å²) in [6, 6.07) is 0. The minimum Gasteiger partial charge on any atom is -0.479 e. The Balaban J connectivity index is 2.73. The normalized spacial score (nSPS) is 18.5. The molecule has 468 valence electrons. The Morgan fingerprint density at radius 2 is 0.795 bits per heavy atom. The number of carboxylic acid groups (broad SMARTS) is 1. The fraction of sp³-hybridized carbons (Fsp3) is 0.634. The van der Waals surface area contributed by atoms with Crippen LogP contribution >= 0.6 is 0 Å². The summed E-state index contributed by atoms with van der Waals surface area (Å²) < 4.78 is 28.3. The van der Waals surface area contributed by atoms with Gasteiger partial charge in [0.25, 0.3) is 0 Å². The largest absolute Gasteiger partial charge is 0.479 e. The van der Waals surface area contributed by atoms with E-state index in [1.807, 2.05) is 18.2 Å². The van der Waals surface area contributed by atoms with Gasteiger partial charge in [0.05, 0.1) is 13.0 Å². The number of carboxylic acids is 1. The second-order valence-corrected chi connectivity index (χ2v) is 21.3. The number of hydrogen-bond acceptors (Lipinski definition) is 11. The molecular formula is C71H112O12. The Morgan fingerprint density at radius 1 is 0.422 bits per heavy atom. The molecule has 0 radical (unpaired) electrons. The van der Waals surface area contributed by atoms with E-state index < -0.39 is 67.3 Å². The second-order valence-electron chi connectivity index (χ2n) is 21.3. The third-order valence-electron chi connectivity index (χ3n) is 13.7. The smallest absolute Gasteiger partial charge is 0.335 e. The summed E-state index contributed by atoms with van der Waals surface area (Å²) >= 11 is 0. The second kappa shape index (κ2) is 57.3. The van der Waals surface area contributed by atoms with Gasteiger partial charge in [-0.15, -0.1) is 0 Å². The summed E-state index contributed by atoms with van der Waals surface area (Å²) in [6.07, 6.45) is 68.7. The van der Waals surface area contributed by atoms with Crippen molar-refractivity contribution in [2.24, 2.45) is 0 Å². The van der Waals surface area contributed by atoms with E-state index in [4.69, 9.17) is 23.7 Å². The molecule has 0 aliphatic carbocycles. The molecular weight excluding hydrogens is 1040 g/mol. The van der Waals surface area contributed by atoms with Crippen molar-refractivity contribution >= 4 is 23.9 Å². The number of hydrogen-bond donors (Lipinski definition) is 3. The summed E-state index contributed by atoms with van der Waals surface area (Å²) in [4.78, 5) is 51.2. The first kappa shape index (κ1) is 75.9. The Kier molecular flexibility index (Phi) is 52.4. The summed E-state index contributed by atoms with van der Waals surface area (Å²) in [5, 5.41) is 31.6. The van der Waals surface area contributed by atoms with Gasteiger partial charge >= 0.3 is 23.9 Å². The van der Waals surface area contributed by atoms with Gasteiger partial charge in [-0.05, 0) is 116 Å². The number of aliphatic hydroxyl groups is 2. The number of carbonyl (C=O) groups excluding carboxylic acids is 3. The van der Waals surface area contributed by atoms with Crippen LogP contribution in [0.25, 0.3) is 0 Å². The van der Waals surface area contributed by atoms with E-state index in [9.17, 15) is 34.5 Å². The highest BCUT2D eigenvalue weighted by Crippen LogP contribution is 2.26. The lowest BCUT2D eigenvalue weighted by atomic mass is 9.98. The molecule has 12 heteroatoms. The van der Waals surface area contributed by atoms with Crippen molar-refractivity contribution in [1.82, 2.24) is 0 Å². The van der Waals surface area contributed by atoms with Gasteiger partial charge in [-0.1, -0.05) is 238 Å². The lowest BCUT2D eigenvalue weighted by molar-refractivity contribution is -0.301. The van der Waals surface area contributed by atoms with E-state index in [0.29, 0.717) is 19.3 Å². The van der Waals surface area contributed by atoms with E-state index in [0.717, 1.165) is 103 Å². The molecule has 1 aliphatic rings. The maximum atomic E-state index is 13.1. The summed E-state index contributed by atoms with van der Waals surface area (Å²) in [6.45, 7) is 5.67. The average Bonchev–Trinajstić information content (AvgIpc) is 3.60. The van der Waals surface area contributed by atoms with Crippen molar-refractivity contribution in [1.29, 1.82) is 0 Å². The highest BCUT2D eigenvalue weighted by Gasteiger charge is 2.50. The molecule has 1 rings (SSSR count). The van der Waals surface area contributed by atoms with Crippen LogP contribution in [0, 0.1) is 0 Å². The van der Waals surface area contributed by atoms with Gasteiger partial charge in [-0.2, -0.15) is 0 Å². The minimum atomic E-state index is -1.94. The van der Waals surface area contributed by atoms with Crippen LogP contribution < -0.4 is 0 Å². The van der Waals surface area contributed by atoms with Crippen molar-refractivity contribution in [2.75, 3.05) is 13.2 Å². The van der Waals surface area contributed by atoms with Crippen LogP contribution in [0.1, 0.15) is 239 Å². The van der Waals surface area contributed by atoms with Gasteiger partial charge in [0.1, 0.15) is 18.8 Å². The standard InChI is InChI=1S/C71H112O12/c1-4-7-10-13-16-19-22-25-28-30-32-34-37-39-42-45-48-51-54-57-63(72)79-60-62(81-64(73)58-55-52-49-46-43-40-36-27-24-21-18-15-12-9-6-3)61-80-71-69(67(76)66(75)68(83-71)70(77)78)82-65(74)59-56-53-50-47-44-41-38-35-33-31-29-26-23-20-17-14-11-8-5-2/h8-9,11-12,17-18,20-21,25-29,33,35-36,41,43-44,46,52,55,62,66-69,71,75-76H,4-7,10,13-16,19,22-24,30-32,34,37-40,42,45,47-51,53-54,56-61H2,1-3H3,(H,77,78)/b11-8-,12-9-,20-17-,21-18-,28-25-,29-26-,35-33-,36-27-,44-41-,46-43-,55-52-. The monoisotopic (exact) mass is 1160 g/mol. The predicted molar refractivity (Wildman–Crippen MR) is 340 cm³/mol. The van der Waals surface area contributed by atoms with Crippen LogP contribution in [-0.4, -0.2) is 89.2 Å². The molecule has 1 heterocycles. The van der Waals surface area contributed by atoms with Crippen molar-refractivity contribution in [3.63, 3.8) is 0 Å². The first-order chi connectivity index (χ1) is 40.6. The zero-order valence-electron chi connectivity index (χ0n) is 51.6. The van der Waals surface area contributed by atoms with Gasteiger partial charge in [-0.3, -0.25) is 14.4 Å². The van der Waals surface area contributed by atoms with E-state index in [2.05, 4.69) is 130 Å². The molecule has 0 saturated carbocycles. The van der Waals surface area contributed by atoms with E-state index in [1.54, 1.807) is 6.08 Å². The molecule has 0 aromatic carbocycles. The van der Waals surface area contributed by atoms with Crippen LogP contribution in [0.2, 0.25) is 0 Å². The van der Waals surface area contributed by atoms with Crippen molar-refractivity contribution in [2.45, 2.75) is 276 Å². The molecule has 0 amide bonds. The molecule has 0 bridgehead atoms. The Labute approximate surface area is 502 Å². The van der Waals surface area contributed by atoms with Gasteiger partial charge < -0.3 is 39.0 Å². The number of rotatable bonds is 53. The van der Waals surface area contributed by atoms with E-state index in [1.165, 1.54) is 77.0 Å². The number of ether oxygens (including phenoxy) is 5. The predicted octanol–water partition coefficient (Wildman–Crippen LogP) is 17.3. The molecule has 0 spiro atoms. The number of unbranched alkanes of at least 4 members (excludes halogenated alkanes) is 18. The van der Waals surface area contributed by atoms with Crippen molar-refractivity contribution in [3.05, 3.63) is 134 Å². The number of carbonyl (C=O) groups is 4. The van der Waals surface area contributed by atoms with Crippen LogP contribution in [0.15, 0.2) is 134 Å². The lowest BCUT2D eigenvalue weighted by Crippen LogP contribution is -2.61. The number of esters is 3. The van der Waals surface area contributed by atoms with Crippen LogP contribution in [0.5, 0.6) is 0 Å². The molecule has 12 nitrogen and oxygen atoms in total. The molecule has 1 aliphatic heterocycles. The third kappa shape index (κ3) is 46.9. The summed E-state index contributed by atoms with van der Waals surface area (Å²) in [7, 11) is 0. The first-order valence-corrected chi connectivity index (χ1v) is 32.2. The van der Waals surface area contributed by atoms with Crippen molar-refractivity contribution < 1.29 is 58.2 Å². The SMILES string of the molecule is CC/C=C\C/C=C\C/C=C\C/C=C\C/C=C\CCCCCC(=O)OC1C(OCC(COC(=O)CCCCCCCCCCC/C=C\CCCCCCCC)OC(=O)C/C=C\C/C=C\C/C=C\C/C=C\C/C=C\CC)OC(C(=O)O)C(O)C1O. The van der Waals surface area contributed by atoms with Crippen molar-refractivity contribution in [3.8, 4) is 0 Å². The maximum Gasteiger partial charge on any atom is 0.335 e. The molecule has 0 aromatic rings. The molecule has 6 atom stereocenters. The minimum absolute atomic E-state index is 0.00370. The quantitative estimate of drug-likeness (QED) is 0.0228. The van der Waals surface area contributed by atoms with Gasteiger partial charge in [0.15, 0.2) is 24.6 Å². The fourth-order valence-corrected chi connectivity index (χ4v) is 8.88. The summed E-state index contributed by atoms with van der Waals surface area (Å²) in [5.41, 5.74) is 0. The highest BCUT2D eigenvalue weighted by molar-refractivity contribution is 5.74. The molecule has 3 N–H and O–H groups in total. The summed E-state index contributed by atoms with van der Waals surface area (Å²) in [5.74, 6) is -3.35. The van der Waals surface area contributed by atoms with Gasteiger partial charge in [0.2, 0.25) is 0 Å². The Bertz CT molecular complexity index is 1950. The molecule has 83 heavy (non-hydrogen) atoms. The molecule has 0 aromatic heterocycles. The fourth-order valence-electron chi connectivity index (χ4n) is 8.88. The van der Waals surface area contributed by atoms with Gasteiger partial charge in [-0.25, -0.2) is 4.79 Å². The zero-order valence-corrected chi connectivity index (χ0v) is 51.6. The first-order valence-electron chi connectivity index (χ1n) is 32.2. The van der Waals surface area contributed by atoms with Crippen LogP contribution in [0.3, 0.4) is 0 Å². The topological polar surface area (TPSA) is 175 Å². The van der Waals surface area contributed by atoms with Gasteiger partial charge in [0, 0.05) is 12.8 Å². The Hall–Kier alpha value is -5.14. The molecule has 6 unspecified atom stereocenters. The van der Waals surface area contributed by atoms with Crippen LogP contribution in [0.4, 0.5) is 0 Å². The lowest BCUT2D eigenvalue weighted by Gasteiger charge is -2.40. The third-order valence-corrected chi connectivity index (χ3v) is 13.7. The maximum absolute atomic E-state index is 13.1. The number of allylic oxidation sites excluding steroid dienone is 21. The van der Waals surface area contributed by atoms with E-state index >= 15 is 0 Å². The molecule has 1 fully saturated rings. The zero-order chi connectivity index (χ0) is 60.3. The molecule has 1 saturated heterocycles. The highest BCUT2D eigenvalue weighted by atomic mass is 16.7. The Morgan fingerprint density at radius 3 is 1.24 bits per heavy atom. The number of aliphatic carboxylic acids is 1. The van der Waals surface area contributed by atoms with Crippen LogP contribution in [-0.2, 0) is 42.9 Å². The van der Waals surface area contributed by atoms with E-state index in [-0.39, 0.29) is 25.9 Å². The number of aliphatic hydroxyl groups excluding tert-OH is 2.